The zero-order valence-electron chi connectivity index (χ0n) is 11.6. The van der Waals surface area contributed by atoms with Crippen LogP contribution in [0.2, 0.25) is 5.02 Å². The van der Waals surface area contributed by atoms with Crippen molar-refractivity contribution in [3.8, 4) is 5.75 Å². The van der Waals surface area contributed by atoms with Gasteiger partial charge in [0.05, 0.1) is 21.2 Å². The van der Waals surface area contributed by atoms with E-state index in [0.29, 0.717) is 0 Å². The molecule has 0 saturated carbocycles. The van der Waals surface area contributed by atoms with Crippen molar-refractivity contribution < 1.29 is 27.6 Å². The number of nitrogens with one attached hydrogen (secondary N) is 1. The fraction of sp³-hybridized carbons (Fsp3) is 0.0714. The molecular formula is C14H8ClF3N2O4. The Morgan fingerprint density at radius 2 is 1.88 bits per heavy atom. The summed E-state index contributed by atoms with van der Waals surface area (Å²) in [5.74, 6) is -1.44. The van der Waals surface area contributed by atoms with Gasteiger partial charge in [0.2, 0.25) is 0 Å². The third kappa shape index (κ3) is 4.35. The van der Waals surface area contributed by atoms with Crippen molar-refractivity contribution in [2.24, 2.45) is 0 Å². The predicted octanol–water partition coefficient (Wildman–Crippen LogP) is 4.40. The fourth-order valence-electron chi connectivity index (χ4n) is 1.77. The van der Waals surface area contributed by atoms with Gasteiger partial charge >= 0.3 is 6.36 Å². The van der Waals surface area contributed by atoms with Crippen LogP contribution >= 0.6 is 11.6 Å². The maximum atomic E-state index is 12.3. The number of rotatable bonds is 4. The predicted molar refractivity (Wildman–Crippen MR) is 79.2 cm³/mol. The summed E-state index contributed by atoms with van der Waals surface area (Å²) in [7, 11) is 0. The molecule has 1 N–H and O–H groups in total. The number of nitro benzene ring substituents is 1. The molecule has 1 amide bonds. The lowest BCUT2D eigenvalue weighted by Crippen LogP contribution is -2.19. The molecule has 10 heteroatoms. The molecule has 24 heavy (non-hydrogen) atoms. The molecule has 0 fully saturated rings. The number of nitrogens with zero attached hydrogens (tertiary/aromatic N) is 1. The van der Waals surface area contributed by atoms with Gasteiger partial charge in [0.25, 0.3) is 11.6 Å². The summed E-state index contributed by atoms with van der Waals surface area (Å²) in [6, 6.07) is 8.06. The molecular weight excluding hydrogens is 353 g/mol. The Morgan fingerprint density at radius 1 is 1.21 bits per heavy atom. The van der Waals surface area contributed by atoms with Crippen LogP contribution in [0.25, 0.3) is 0 Å². The average molecular weight is 361 g/mol. The first kappa shape index (κ1) is 17.5. The highest BCUT2D eigenvalue weighted by Gasteiger charge is 2.32. The average Bonchev–Trinajstić information content (AvgIpc) is 2.47. The lowest BCUT2D eigenvalue weighted by molar-refractivity contribution is -0.384. The molecule has 0 heterocycles. The van der Waals surface area contributed by atoms with Crippen molar-refractivity contribution in [2.75, 3.05) is 5.32 Å². The molecule has 0 unspecified atom stereocenters. The number of hydrogen-bond donors (Lipinski definition) is 1. The SMILES string of the molecule is O=C(Nc1ccccc1OC(F)(F)F)c1ccc([N+](=O)[O-])cc1Cl. The van der Waals surface area contributed by atoms with E-state index in [1.807, 2.05) is 0 Å². The number of hydrogen-bond acceptors (Lipinski definition) is 4. The standard InChI is InChI=1S/C14H8ClF3N2O4/c15-10-7-8(20(22)23)5-6-9(10)13(21)19-11-3-1-2-4-12(11)24-14(16,17)18/h1-7H,(H,19,21). The number of nitro groups is 1. The maximum absolute atomic E-state index is 12.3. The number of carbonyl (C=O) groups excluding carboxylic acids is 1. The molecule has 2 aromatic rings. The monoisotopic (exact) mass is 360 g/mol. The van der Waals surface area contributed by atoms with Crippen LogP contribution in [0.15, 0.2) is 42.5 Å². The Hall–Kier alpha value is -2.81. The normalized spacial score (nSPS) is 11.0. The second-order valence-corrected chi connectivity index (χ2v) is 4.83. The zero-order valence-corrected chi connectivity index (χ0v) is 12.4. The van der Waals surface area contributed by atoms with E-state index in [1.165, 1.54) is 18.2 Å². The van der Waals surface area contributed by atoms with Crippen molar-refractivity contribution in [3.05, 3.63) is 63.2 Å². The van der Waals surface area contributed by atoms with Crippen LogP contribution in [-0.2, 0) is 0 Å². The first-order valence-electron chi connectivity index (χ1n) is 6.27. The molecule has 0 atom stereocenters. The van der Waals surface area contributed by atoms with E-state index < -0.39 is 22.9 Å². The Bertz CT molecular complexity index is 796. The molecule has 0 aromatic heterocycles. The quantitative estimate of drug-likeness (QED) is 0.647. The number of halogens is 4. The molecule has 0 spiro atoms. The summed E-state index contributed by atoms with van der Waals surface area (Å²) < 4.78 is 40.9. The maximum Gasteiger partial charge on any atom is 0.573 e. The minimum Gasteiger partial charge on any atom is -0.404 e. The van der Waals surface area contributed by atoms with Gasteiger partial charge in [0, 0.05) is 12.1 Å². The number of alkyl halides is 3. The van der Waals surface area contributed by atoms with Gasteiger partial charge in [-0.2, -0.15) is 0 Å². The van der Waals surface area contributed by atoms with Crippen molar-refractivity contribution in [3.63, 3.8) is 0 Å². The molecule has 0 saturated heterocycles. The highest BCUT2D eigenvalue weighted by molar-refractivity contribution is 6.34. The van der Waals surface area contributed by atoms with E-state index in [0.717, 1.165) is 24.3 Å². The summed E-state index contributed by atoms with van der Waals surface area (Å²) in [5.41, 5.74) is -0.685. The minimum atomic E-state index is -4.92. The van der Waals surface area contributed by atoms with Gasteiger partial charge in [0.1, 0.15) is 0 Å². The fourth-order valence-corrected chi connectivity index (χ4v) is 2.04. The van der Waals surface area contributed by atoms with Crippen molar-refractivity contribution in [1.82, 2.24) is 0 Å². The second kappa shape index (κ2) is 6.75. The van der Waals surface area contributed by atoms with E-state index in [4.69, 9.17) is 11.6 Å². The van der Waals surface area contributed by atoms with Crippen LogP contribution in [0.5, 0.6) is 5.75 Å². The van der Waals surface area contributed by atoms with Crippen LogP contribution in [0.4, 0.5) is 24.5 Å². The Kier molecular flexibility index (Phi) is 4.93. The number of para-hydroxylation sites is 2. The summed E-state index contributed by atoms with van der Waals surface area (Å²) in [6.45, 7) is 0. The van der Waals surface area contributed by atoms with Crippen LogP contribution in [0.1, 0.15) is 10.4 Å². The van der Waals surface area contributed by atoms with Crippen LogP contribution < -0.4 is 10.1 Å². The lowest BCUT2D eigenvalue weighted by Gasteiger charge is -2.14. The molecule has 2 aromatic carbocycles. The molecule has 0 aliphatic rings. The van der Waals surface area contributed by atoms with Crippen LogP contribution in [0, 0.1) is 10.1 Å². The number of carbonyl (C=O) groups is 1. The van der Waals surface area contributed by atoms with Crippen molar-refractivity contribution in [1.29, 1.82) is 0 Å². The number of ether oxygens (including phenoxy) is 1. The van der Waals surface area contributed by atoms with E-state index in [9.17, 15) is 28.1 Å². The number of benzene rings is 2. The summed E-state index contributed by atoms with van der Waals surface area (Å²) >= 11 is 5.80. The largest absolute Gasteiger partial charge is 0.573 e. The lowest BCUT2D eigenvalue weighted by atomic mass is 10.2. The van der Waals surface area contributed by atoms with Gasteiger partial charge in [0.15, 0.2) is 5.75 Å². The van der Waals surface area contributed by atoms with Crippen LogP contribution in [0.3, 0.4) is 0 Å². The molecule has 0 radical (unpaired) electrons. The third-order valence-corrected chi connectivity index (χ3v) is 3.08. The third-order valence-electron chi connectivity index (χ3n) is 2.77. The Morgan fingerprint density at radius 3 is 2.46 bits per heavy atom. The highest BCUT2D eigenvalue weighted by atomic mass is 35.5. The summed E-state index contributed by atoms with van der Waals surface area (Å²) in [6.07, 6.45) is -4.92. The number of amides is 1. The van der Waals surface area contributed by atoms with Gasteiger partial charge in [-0.25, -0.2) is 0 Å². The van der Waals surface area contributed by atoms with Gasteiger partial charge in [-0.1, -0.05) is 23.7 Å². The first-order valence-corrected chi connectivity index (χ1v) is 6.65. The van der Waals surface area contributed by atoms with E-state index in [2.05, 4.69) is 10.1 Å². The topological polar surface area (TPSA) is 81.5 Å². The van der Waals surface area contributed by atoms with E-state index in [1.54, 1.807) is 0 Å². The smallest absolute Gasteiger partial charge is 0.404 e. The van der Waals surface area contributed by atoms with Gasteiger partial charge < -0.3 is 10.1 Å². The van der Waals surface area contributed by atoms with Crippen molar-refractivity contribution in [2.45, 2.75) is 6.36 Å². The number of non-ortho nitro benzene ring substituents is 1. The minimum absolute atomic E-state index is 0.135. The summed E-state index contributed by atoms with van der Waals surface area (Å²) in [4.78, 5) is 22.1. The summed E-state index contributed by atoms with van der Waals surface area (Å²) in [5, 5.41) is 12.6. The van der Waals surface area contributed by atoms with Gasteiger partial charge in [-0.05, 0) is 18.2 Å². The molecule has 0 bridgehead atoms. The molecule has 0 aliphatic heterocycles. The zero-order chi connectivity index (χ0) is 17.9. The highest BCUT2D eigenvalue weighted by Crippen LogP contribution is 2.31. The Labute approximate surface area is 137 Å². The molecule has 0 aliphatic carbocycles. The molecule has 6 nitrogen and oxygen atoms in total. The van der Waals surface area contributed by atoms with E-state index >= 15 is 0 Å². The Balaban J connectivity index is 2.26. The first-order chi connectivity index (χ1) is 11.2. The van der Waals surface area contributed by atoms with E-state index in [-0.39, 0.29) is 22.0 Å². The number of anilines is 1. The second-order valence-electron chi connectivity index (χ2n) is 4.42. The van der Waals surface area contributed by atoms with Gasteiger partial charge in [-0.15, -0.1) is 13.2 Å². The van der Waals surface area contributed by atoms with Gasteiger partial charge in [-0.3, -0.25) is 14.9 Å². The molecule has 126 valence electrons. The van der Waals surface area contributed by atoms with Crippen molar-refractivity contribution >= 4 is 28.9 Å². The van der Waals surface area contributed by atoms with Crippen LogP contribution in [-0.4, -0.2) is 17.2 Å². The molecule has 2 rings (SSSR count).